The number of ether oxygens (including phenoxy) is 2. The average Bonchev–Trinajstić information content (AvgIpc) is 2.70. The van der Waals surface area contributed by atoms with Crippen LogP contribution in [0.5, 0.6) is 0 Å². The van der Waals surface area contributed by atoms with Crippen LogP contribution in [0.15, 0.2) is 18.2 Å². The first-order valence-corrected chi connectivity index (χ1v) is 10.9. The van der Waals surface area contributed by atoms with E-state index in [2.05, 4.69) is 15.4 Å². The molecule has 9 nitrogen and oxygen atoms in total. The van der Waals surface area contributed by atoms with Crippen LogP contribution in [0.2, 0.25) is 0 Å². The molecule has 2 unspecified atom stereocenters. The lowest BCUT2D eigenvalue weighted by molar-refractivity contribution is -0.144. The van der Waals surface area contributed by atoms with Crippen LogP contribution < -0.4 is 10.6 Å². The summed E-state index contributed by atoms with van der Waals surface area (Å²) < 4.78 is 9.90. The molecule has 0 radical (unpaired) electrons. The van der Waals surface area contributed by atoms with Crippen LogP contribution in [-0.2, 0) is 23.9 Å². The van der Waals surface area contributed by atoms with Crippen LogP contribution in [0.4, 0.5) is 4.79 Å². The zero-order chi connectivity index (χ0) is 25.5. The summed E-state index contributed by atoms with van der Waals surface area (Å²) in [7, 11) is 2.72. The second-order valence-corrected chi connectivity index (χ2v) is 9.37. The first-order chi connectivity index (χ1) is 15.2. The topological polar surface area (TPSA) is 114 Å². The Labute approximate surface area is 196 Å². The van der Waals surface area contributed by atoms with E-state index in [0.29, 0.717) is 5.56 Å². The van der Waals surface area contributed by atoms with E-state index in [-0.39, 0.29) is 12.5 Å². The highest BCUT2D eigenvalue weighted by Gasteiger charge is 2.36. The van der Waals surface area contributed by atoms with Gasteiger partial charge in [0.2, 0.25) is 11.8 Å². The number of hydrogen-bond donors (Lipinski definition) is 2. The van der Waals surface area contributed by atoms with E-state index >= 15 is 0 Å². The molecule has 0 bridgehead atoms. The van der Waals surface area contributed by atoms with Crippen molar-refractivity contribution in [2.75, 3.05) is 20.7 Å². The quantitative estimate of drug-likeness (QED) is 0.573. The highest BCUT2D eigenvalue weighted by atomic mass is 16.6. The zero-order valence-corrected chi connectivity index (χ0v) is 21.1. The van der Waals surface area contributed by atoms with Crippen LogP contribution in [0.25, 0.3) is 0 Å². The molecular formula is C24H37N3O6. The lowest BCUT2D eigenvalue weighted by atomic mass is 9.95. The summed E-state index contributed by atoms with van der Waals surface area (Å²) in [5.74, 6) is -1.88. The Kier molecular flexibility index (Phi) is 9.88. The maximum atomic E-state index is 13.5. The number of nitrogens with one attached hydrogen (secondary N) is 2. The molecule has 184 valence electrons. The maximum absolute atomic E-state index is 13.5. The van der Waals surface area contributed by atoms with Crippen molar-refractivity contribution in [1.82, 2.24) is 15.5 Å². The monoisotopic (exact) mass is 463 g/mol. The molecule has 9 heteroatoms. The molecule has 1 aromatic rings. The fraction of sp³-hybridized carbons (Fsp3) is 0.583. The van der Waals surface area contributed by atoms with E-state index in [1.165, 1.54) is 19.1 Å². The maximum Gasteiger partial charge on any atom is 0.408 e. The lowest BCUT2D eigenvalue weighted by Gasteiger charge is -2.33. The van der Waals surface area contributed by atoms with Crippen LogP contribution in [0.3, 0.4) is 0 Å². The van der Waals surface area contributed by atoms with Crippen molar-refractivity contribution >= 4 is 23.9 Å². The summed E-state index contributed by atoms with van der Waals surface area (Å²) in [4.78, 5) is 51.8. The number of hydrogen-bond acceptors (Lipinski definition) is 6. The van der Waals surface area contributed by atoms with Crippen molar-refractivity contribution in [3.05, 3.63) is 34.9 Å². The highest BCUT2D eigenvalue weighted by molar-refractivity contribution is 5.93. The van der Waals surface area contributed by atoms with Gasteiger partial charge in [-0.15, -0.1) is 0 Å². The molecule has 0 heterocycles. The fourth-order valence-corrected chi connectivity index (χ4v) is 3.20. The van der Waals surface area contributed by atoms with E-state index in [9.17, 15) is 19.2 Å². The molecule has 1 aromatic carbocycles. The van der Waals surface area contributed by atoms with Gasteiger partial charge in [-0.1, -0.05) is 37.6 Å². The summed E-state index contributed by atoms with van der Waals surface area (Å²) >= 11 is 0. The lowest BCUT2D eigenvalue weighted by Crippen LogP contribution is -2.54. The molecule has 0 spiro atoms. The molecule has 0 saturated heterocycles. The van der Waals surface area contributed by atoms with Gasteiger partial charge < -0.3 is 25.0 Å². The van der Waals surface area contributed by atoms with Gasteiger partial charge in [-0.3, -0.25) is 14.4 Å². The molecule has 0 saturated carbocycles. The molecule has 2 N–H and O–H groups in total. The average molecular weight is 464 g/mol. The van der Waals surface area contributed by atoms with Crippen LogP contribution in [0.1, 0.15) is 57.4 Å². The van der Waals surface area contributed by atoms with Crippen molar-refractivity contribution in [2.45, 2.75) is 66.2 Å². The number of methoxy groups -OCH3 is 1. The number of carbonyl (C=O) groups excluding carboxylic acids is 4. The van der Waals surface area contributed by atoms with E-state index < -0.39 is 41.6 Å². The molecule has 0 aliphatic heterocycles. The Morgan fingerprint density at radius 1 is 1.09 bits per heavy atom. The minimum atomic E-state index is -1.02. The number of carbonyl (C=O) groups is 4. The smallest absolute Gasteiger partial charge is 0.408 e. The van der Waals surface area contributed by atoms with E-state index in [1.807, 2.05) is 32.0 Å². The van der Waals surface area contributed by atoms with Crippen LogP contribution >= 0.6 is 0 Å². The van der Waals surface area contributed by atoms with Gasteiger partial charge in [0.05, 0.1) is 7.11 Å². The number of rotatable bonds is 8. The van der Waals surface area contributed by atoms with Crippen molar-refractivity contribution in [3.63, 3.8) is 0 Å². The van der Waals surface area contributed by atoms with Gasteiger partial charge in [-0.05, 0) is 51.7 Å². The Bertz CT molecular complexity index is 875. The van der Waals surface area contributed by atoms with Crippen molar-refractivity contribution < 1.29 is 28.7 Å². The van der Waals surface area contributed by atoms with Crippen molar-refractivity contribution in [2.24, 2.45) is 5.92 Å². The van der Waals surface area contributed by atoms with E-state index in [1.54, 1.807) is 34.6 Å². The number of esters is 1. The SMILES string of the molecule is COC(=O)CNC(=O)C(c1cc(C)ccc1C)N(C)C(=O)C(NC(=O)OC(C)(C)C)C(C)C. The Morgan fingerprint density at radius 2 is 1.70 bits per heavy atom. The Balaban J connectivity index is 3.30. The summed E-state index contributed by atoms with van der Waals surface area (Å²) in [5.41, 5.74) is 1.61. The molecule has 0 fully saturated rings. The summed E-state index contributed by atoms with van der Waals surface area (Å²) in [6, 6.07) is 3.65. The van der Waals surface area contributed by atoms with Crippen LogP contribution in [-0.4, -0.2) is 61.1 Å². The minimum absolute atomic E-state index is 0.273. The molecule has 2 atom stereocenters. The van der Waals surface area contributed by atoms with Crippen molar-refractivity contribution in [1.29, 1.82) is 0 Å². The summed E-state index contributed by atoms with van der Waals surface area (Å²) in [6.45, 7) is 12.2. The second-order valence-electron chi connectivity index (χ2n) is 9.37. The molecule has 3 amide bonds. The Morgan fingerprint density at radius 3 is 2.21 bits per heavy atom. The summed E-state index contributed by atoms with van der Waals surface area (Å²) in [6.07, 6.45) is -0.721. The van der Waals surface area contributed by atoms with Gasteiger partial charge >= 0.3 is 12.1 Å². The molecule has 0 aliphatic carbocycles. The molecular weight excluding hydrogens is 426 g/mol. The first kappa shape index (κ1) is 27.9. The number of amides is 3. The van der Waals surface area contributed by atoms with E-state index in [0.717, 1.165) is 11.1 Å². The predicted molar refractivity (Wildman–Crippen MR) is 124 cm³/mol. The van der Waals surface area contributed by atoms with Crippen molar-refractivity contribution in [3.8, 4) is 0 Å². The van der Waals surface area contributed by atoms with Gasteiger partial charge in [-0.2, -0.15) is 0 Å². The number of aryl methyl sites for hydroxylation is 2. The van der Waals surface area contributed by atoms with Gasteiger partial charge in [0.1, 0.15) is 24.2 Å². The van der Waals surface area contributed by atoms with Gasteiger partial charge in [-0.25, -0.2) is 4.79 Å². The third-order valence-corrected chi connectivity index (χ3v) is 4.95. The third-order valence-electron chi connectivity index (χ3n) is 4.95. The molecule has 0 aromatic heterocycles. The standard InChI is InChI=1S/C24H37N3O6/c1-14(2)19(26-23(31)33-24(5,6)7)22(30)27(8)20(21(29)25-13-18(28)32-9)17-12-15(3)10-11-16(17)4/h10-12,14,19-20H,13H2,1-9H3,(H,25,29)(H,26,31). The largest absolute Gasteiger partial charge is 0.468 e. The fourth-order valence-electron chi connectivity index (χ4n) is 3.20. The molecule has 1 rings (SSSR count). The number of likely N-dealkylation sites (N-methyl/N-ethyl adjacent to an activating group) is 1. The Hall–Kier alpha value is -3.10. The molecule has 33 heavy (non-hydrogen) atoms. The number of nitrogens with zero attached hydrogens (tertiary/aromatic N) is 1. The van der Waals surface area contributed by atoms with Gasteiger partial charge in [0.15, 0.2) is 0 Å². The normalized spacial score (nSPS) is 13.0. The summed E-state index contributed by atoms with van der Waals surface area (Å²) in [5, 5.41) is 5.16. The van der Waals surface area contributed by atoms with Gasteiger partial charge in [0, 0.05) is 7.05 Å². The van der Waals surface area contributed by atoms with Gasteiger partial charge in [0.25, 0.3) is 0 Å². The van der Waals surface area contributed by atoms with E-state index in [4.69, 9.17) is 4.74 Å². The predicted octanol–water partition coefficient (Wildman–Crippen LogP) is 2.64. The zero-order valence-electron chi connectivity index (χ0n) is 21.1. The highest BCUT2D eigenvalue weighted by Crippen LogP contribution is 2.26. The minimum Gasteiger partial charge on any atom is -0.468 e. The number of alkyl carbamates (subject to hydrolysis) is 1. The first-order valence-electron chi connectivity index (χ1n) is 10.9. The van der Waals surface area contributed by atoms with Crippen LogP contribution in [0, 0.1) is 19.8 Å². The third kappa shape index (κ3) is 8.40. The molecule has 0 aliphatic rings. The number of benzene rings is 1. The second kappa shape index (κ2) is 11.7.